The van der Waals surface area contributed by atoms with Crippen LogP contribution in [0.1, 0.15) is 19.4 Å². The second-order valence-electron chi connectivity index (χ2n) is 5.17. The Kier molecular flexibility index (Phi) is 3.99. The summed E-state index contributed by atoms with van der Waals surface area (Å²) in [6.07, 6.45) is 0. The van der Waals surface area contributed by atoms with Crippen LogP contribution in [0.25, 0.3) is 0 Å². The van der Waals surface area contributed by atoms with E-state index in [0.29, 0.717) is 0 Å². The summed E-state index contributed by atoms with van der Waals surface area (Å²) in [6, 6.07) is 9.90. The second-order valence-corrected chi connectivity index (χ2v) is 5.17. The highest BCUT2D eigenvalue weighted by atomic mass is 16.2. The summed E-state index contributed by atoms with van der Waals surface area (Å²) in [5.41, 5.74) is 3.54. The normalized spacial score (nSPS) is 17.4. The Morgan fingerprint density at radius 1 is 1.22 bits per heavy atom. The van der Waals surface area contributed by atoms with Gasteiger partial charge in [0.1, 0.15) is 0 Å². The van der Waals surface area contributed by atoms with Crippen molar-refractivity contribution in [2.24, 2.45) is 0 Å². The summed E-state index contributed by atoms with van der Waals surface area (Å²) < 4.78 is 0. The molecule has 2 N–H and O–H groups in total. The second kappa shape index (κ2) is 5.50. The molecule has 1 aromatic carbocycles. The zero-order valence-corrected chi connectivity index (χ0v) is 11.1. The molecule has 0 aromatic heterocycles. The molecule has 1 aliphatic heterocycles. The van der Waals surface area contributed by atoms with Crippen LogP contribution in [0.5, 0.6) is 0 Å². The highest BCUT2D eigenvalue weighted by Crippen LogP contribution is 2.22. The van der Waals surface area contributed by atoms with Gasteiger partial charge in [-0.25, -0.2) is 5.01 Å². The van der Waals surface area contributed by atoms with Gasteiger partial charge in [0.2, 0.25) is 5.91 Å². The first kappa shape index (κ1) is 13.1. The molecule has 0 radical (unpaired) electrons. The summed E-state index contributed by atoms with van der Waals surface area (Å²) in [5.74, 6) is 0.0515. The number of carbonyl (C=O) groups is 1. The molecule has 0 bridgehead atoms. The summed E-state index contributed by atoms with van der Waals surface area (Å²) in [4.78, 5) is 12.4. The van der Waals surface area contributed by atoms with Crippen molar-refractivity contribution in [2.45, 2.75) is 19.3 Å². The van der Waals surface area contributed by atoms with E-state index >= 15 is 0 Å². The Labute approximate surface area is 108 Å². The van der Waals surface area contributed by atoms with Crippen molar-refractivity contribution in [1.29, 1.82) is 0 Å². The van der Waals surface area contributed by atoms with Gasteiger partial charge in [0.25, 0.3) is 0 Å². The van der Waals surface area contributed by atoms with Crippen LogP contribution in [0.15, 0.2) is 30.3 Å². The molecule has 0 unspecified atom stereocenters. The molecule has 1 fully saturated rings. The Morgan fingerprint density at radius 2 is 1.83 bits per heavy atom. The van der Waals surface area contributed by atoms with Crippen molar-refractivity contribution in [2.75, 3.05) is 26.2 Å². The molecular formula is C14H21N3O. The average molecular weight is 247 g/mol. The highest BCUT2D eigenvalue weighted by molar-refractivity contribution is 5.86. The van der Waals surface area contributed by atoms with Crippen LogP contribution in [0.2, 0.25) is 0 Å². The Morgan fingerprint density at radius 3 is 2.44 bits per heavy atom. The average Bonchev–Trinajstić information content (AvgIpc) is 2.41. The zero-order chi connectivity index (χ0) is 13.0. The fourth-order valence-corrected chi connectivity index (χ4v) is 2.05. The van der Waals surface area contributed by atoms with Crippen molar-refractivity contribution in [1.82, 2.24) is 15.8 Å². The number of carbonyl (C=O) groups excluding carboxylic acids is 1. The fourth-order valence-electron chi connectivity index (χ4n) is 2.05. The molecule has 1 saturated heterocycles. The minimum absolute atomic E-state index is 0.0515. The first-order valence-corrected chi connectivity index (χ1v) is 6.43. The van der Waals surface area contributed by atoms with E-state index in [9.17, 15) is 4.79 Å². The standard InChI is InChI=1S/C14H21N3O/c1-14(2,12-6-4-3-5-7-12)13(18)16-17-10-8-15-9-11-17/h3-7,15H,8-11H2,1-2H3,(H,16,18). The maximum atomic E-state index is 12.4. The predicted octanol–water partition coefficient (Wildman–Crippen LogP) is 0.901. The van der Waals surface area contributed by atoms with Gasteiger partial charge in [-0.05, 0) is 19.4 Å². The van der Waals surface area contributed by atoms with E-state index in [-0.39, 0.29) is 5.91 Å². The number of rotatable bonds is 3. The molecule has 0 atom stereocenters. The number of nitrogens with one attached hydrogen (secondary N) is 2. The van der Waals surface area contributed by atoms with E-state index < -0.39 is 5.41 Å². The van der Waals surface area contributed by atoms with Gasteiger partial charge in [0, 0.05) is 26.2 Å². The minimum atomic E-state index is -0.508. The van der Waals surface area contributed by atoms with E-state index in [2.05, 4.69) is 10.7 Å². The summed E-state index contributed by atoms with van der Waals surface area (Å²) >= 11 is 0. The molecule has 0 saturated carbocycles. The van der Waals surface area contributed by atoms with Gasteiger partial charge in [-0.2, -0.15) is 0 Å². The lowest BCUT2D eigenvalue weighted by atomic mass is 9.84. The molecule has 0 spiro atoms. The largest absolute Gasteiger partial charge is 0.314 e. The molecule has 18 heavy (non-hydrogen) atoms. The SMILES string of the molecule is CC(C)(C(=O)NN1CCNCC1)c1ccccc1. The third-order valence-corrected chi connectivity index (χ3v) is 3.44. The highest BCUT2D eigenvalue weighted by Gasteiger charge is 2.30. The topological polar surface area (TPSA) is 44.4 Å². The van der Waals surface area contributed by atoms with E-state index in [0.717, 1.165) is 31.7 Å². The van der Waals surface area contributed by atoms with E-state index in [1.54, 1.807) is 0 Å². The van der Waals surface area contributed by atoms with Gasteiger partial charge in [-0.1, -0.05) is 30.3 Å². The molecule has 1 heterocycles. The van der Waals surface area contributed by atoms with Crippen LogP contribution in [0.3, 0.4) is 0 Å². The molecule has 1 amide bonds. The van der Waals surface area contributed by atoms with Crippen molar-refractivity contribution in [3.8, 4) is 0 Å². The smallest absolute Gasteiger partial charge is 0.244 e. The first-order chi connectivity index (χ1) is 8.60. The van der Waals surface area contributed by atoms with Gasteiger partial charge in [-0.3, -0.25) is 10.2 Å². The van der Waals surface area contributed by atoms with Crippen molar-refractivity contribution < 1.29 is 4.79 Å². The Hall–Kier alpha value is -1.39. The Balaban J connectivity index is 2.03. The van der Waals surface area contributed by atoms with Gasteiger partial charge < -0.3 is 5.32 Å². The monoisotopic (exact) mass is 247 g/mol. The Bertz CT molecular complexity index is 397. The number of amides is 1. The van der Waals surface area contributed by atoms with Crippen molar-refractivity contribution >= 4 is 5.91 Å². The molecule has 2 rings (SSSR count). The number of piperazine rings is 1. The van der Waals surface area contributed by atoms with Crippen LogP contribution in [0.4, 0.5) is 0 Å². The lowest BCUT2D eigenvalue weighted by Gasteiger charge is -2.32. The number of hydrazine groups is 1. The van der Waals surface area contributed by atoms with Gasteiger partial charge in [0.05, 0.1) is 5.41 Å². The third-order valence-electron chi connectivity index (χ3n) is 3.44. The first-order valence-electron chi connectivity index (χ1n) is 6.43. The minimum Gasteiger partial charge on any atom is -0.314 e. The molecular weight excluding hydrogens is 226 g/mol. The van der Waals surface area contributed by atoms with Gasteiger partial charge >= 0.3 is 0 Å². The maximum absolute atomic E-state index is 12.4. The van der Waals surface area contributed by atoms with Crippen LogP contribution >= 0.6 is 0 Å². The number of hydrogen-bond acceptors (Lipinski definition) is 3. The number of hydrogen-bond donors (Lipinski definition) is 2. The molecule has 0 aliphatic carbocycles. The molecule has 98 valence electrons. The summed E-state index contributed by atoms with van der Waals surface area (Å²) in [7, 11) is 0. The number of nitrogens with zero attached hydrogens (tertiary/aromatic N) is 1. The van der Waals surface area contributed by atoms with Crippen LogP contribution in [0, 0.1) is 0 Å². The maximum Gasteiger partial charge on any atom is 0.244 e. The van der Waals surface area contributed by atoms with Gasteiger partial charge in [0.15, 0.2) is 0 Å². The zero-order valence-electron chi connectivity index (χ0n) is 11.1. The van der Waals surface area contributed by atoms with Crippen LogP contribution < -0.4 is 10.7 Å². The number of benzene rings is 1. The predicted molar refractivity (Wildman–Crippen MR) is 72.1 cm³/mol. The van der Waals surface area contributed by atoms with E-state index in [1.165, 1.54) is 0 Å². The van der Waals surface area contributed by atoms with Gasteiger partial charge in [-0.15, -0.1) is 0 Å². The van der Waals surface area contributed by atoms with Crippen molar-refractivity contribution in [3.63, 3.8) is 0 Å². The third kappa shape index (κ3) is 2.89. The summed E-state index contributed by atoms with van der Waals surface area (Å²) in [5, 5.41) is 5.26. The van der Waals surface area contributed by atoms with Crippen LogP contribution in [-0.4, -0.2) is 37.1 Å². The summed E-state index contributed by atoms with van der Waals surface area (Å²) in [6.45, 7) is 7.48. The molecule has 1 aliphatic rings. The van der Waals surface area contributed by atoms with E-state index in [1.807, 2.05) is 49.2 Å². The molecule has 4 nitrogen and oxygen atoms in total. The lowest BCUT2D eigenvalue weighted by Crippen LogP contribution is -2.55. The molecule has 1 aromatic rings. The fraction of sp³-hybridized carbons (Fsp3) is 0.500. The van der Waals surface area contributed by atoms with Crippen molar-refractivity contribution in [3.05, 3.63) is 35.9 Å². The van der Waals surface area contributed by atoms with Crippen LogP contribution in [-0.2, 0) is 10.2 Å². The van der Waals surface area contributed by atoms with E-state index in [4.69, 9.17) is 0 Å². The molecule has 4 heteroatoms. The lowest BCUT2D eigenvalue weighted by molar-refractivity contribution is -0.131. The quantitative estimate of drug-likeness (QED) is 0.834.